The number of nitrogens with two attached hydrogens (primary N) is 1. The van der Waals surface area contributed by atoms with E-state index in [-0.39, 0.29) is 69.1 Å². The average Bonchev–Trinajstić information content (AvgIpc) is 3.19. The normalized spacial score (nSPS) is 11.7. The monoisotopic (exact) mass is 860 g/mol. The van der Waals surface area contributed by atoms with Crippen molar-refractivity contribution in [2.45, 2.75) is 23.6 Å². The van der Waals surface area contributed by atoms with Crippen molar-refractivity contribution in [3.05, 3.63) is 125 Å². The number of carbonyl (C=O) groups excluding carboxylic acids is 2. The van der Waals surface area contributed by atoms with Gasteiger partial charge in [0, 0.05) is 45.4 Å². The quantitative estimate of drug-likeness (QED) is 0.0419. The summed E-state index contributed by atoms with van der Waals surface area (Å²) in [4.78, 5) is 24.6. The second-order valence-corrected chi connectivity index (χ2v) is 15.7. The van der Waals surface area contributed by atoms with E-state index in [1.54, 1.807) is 74.5 Å². The van der Waals surface area contributed by atoms with E-state index < -0.39 is 35.9 Å². The molecule has 6 aromatic rings. The molecule has 0 radical (unpaired) electrons. The third kappa shape index (κ3) is 10.4. The Morgan fingerprint density at radius 1 is 0.600 bits per heavy atom. The molecule has 0 saturated carbocycles. The van der Waals surface area contributed by atoms with Gasteiger partial charge in [-0.2, -0.15) is 32.2 Å². The molecule has 0 atom stereocenters. The minimum Gasteiger partial charge on any atom is -0.494 e. The molecule has 17 nitrogen and oxygen atoms in total. The smallest absolute Gasteiger partial charge is 0.494 e. The van der Waals surface area contributed by atoms with Crippen molar-refractivity contribution in [2.75, 3.05) is 30.6 Å². The summed E-state index contributed by atoms with van der Waals surface area (Å²) >= 11 is 0. The Morgan fingerprint density at radius 2 is 1.13 bits per heavy atom. The van der Waals surface area contributed by atoms with E-state index in [0.29, 0.717) is 50.7 Å². The minimum atomic E-state index is -4.84. The maximum Gasteiger partial charge on any atom is 1.00 e. The molecule has 0 fully saturated rings. The Hall–Kier alpha value is -6.06. The number of benzene rings is 6. The first kappa shape index (κ1) is 45.0. The Morgan fingerprint density at radius 3 is 1.70 bits per heavy atom. The van der Waals surface area contributed by atoms with Gasteiger partial charge >= 0.3 is 29.6 Å². The first-order chi connectivity index (χ1) is 27.9. The van der Waals surface area contributed by atoms with Crippen LogP contribution in [0.3, 0.4) is 0 Å². The van der Waals surface area contributed by atoms with Crippen molar-refractivity contribution in [3.63, 3.8) is 0 Å². The second kappa shape index (κ2) is 18.5. The number of nitrogens with one attached hydrogen (secondary N) is 2. The number of fused-ring (bicyclic) bond motifs is 1. The molecule has 0 aliphatic heterocycles. The van der Waals surface area contributed by atoms with Gasteiger partial charge in [-0.25, -0.2) is 0 Å². The molecule has 0 aliphatic rings. The maximum atomic E-state index is 13.2. The number of aryl methyl sites for hydroxylation is 2. The van der Waals surface area contributed by atoms with Gasteiger partial charge in [0.1, 0.15) is 27.0 Å². The van der Waals surface area contributed by atoms with Crippen LogP contribution in [0.25, 0.3) is 10.8 Å². The number of rotatable bonds is 12. The number of nitrogens with zero attached hydrogens (tertiary/aromatic N) is 4. The number of anilines is 3. The Balaban J connectivity index is 0.00000683. The molecule has 302 valence electrons. The van der Waals surface area contributed by atoms with Gasteiger partial charge in [-0.05, 0) is 104 Å². The zero-order chi connectivity index (χ0) is 42.6. The van der Waals surface area contributed by atoms with E-state index in [1.807, 2.05) is 0 Å². The fourth-order valence-electron chi connectivity index (χ4n) is 5.82. The molecule has 20 heteroatoms. The summed E-state index contributed by atoms with van der Waals surface area (Å²) < 4.78 is 79.2. The van der Waals surface area contributed by atoms with Crippen molar-refractivity contribution in [1.29, 1.82) is 0 Å². The van der Waals surface area contributed by atoms with Crippen LogP contribution in [-0.2, 0) is 20.2 Å². The predicted molar refractivity (Wildman–Crippen MR) is 221 cm³/mol. The number of ether oxygens (including phenoxy) is 2. The number of nitrogen functional groups attached to an aromatic ring is 1. The molecular weight excluding hydrogens is 826 g/mol. The van der Waals surface area contributed by atoms with Crippen LogP contribution in [0, 0.1) is 13.8 Å². The molecule has 60 heavy (non-hydrogen) atoms. The largest absolute Gasteiger partial charge is 1.00 e. The number of hydrogen-bond donors (Lipinski definition) is 5. The topological polar surface area (TPSA) is 261 Å². The Kier molecular flexibility index (Phi) is 13.9. The number of methoxy groups -OCH3 is 2. The number of hydrogen-bond acceptors (Lipinski definition) is 13. The molecule has 0 bridgehead atoms. The van der Waals surface area contributed by atoms with Crippen LogP contribution in [0.2, 0.25) is 0 Å². The second-order valence-electron chi connectivity index (χ2n) is 12.9. The molecule has 0 saturated heterocycles. The SMILES string of the molecule is COc1cc(NC(=O)c2ccc(NC(=O)c3ccc(N)cc3)cc2)c(OC)cc1N=Nc1cc(C)c(N=Nc2cc(S(=O)(=O)O)c3cccc(S(=O)(=O)O)c3c2)cc1C.[Na+]. The van der Waals surface area contributed by atoms with Gasteiger partial charge < -0.3 is 25.8 Å². The van der Waals surface area contributed by atoms with Crippen molar-refractivity contribution in [1.82, 2.24) is 0 Å². The summed E-state index contributed by atoms with van der Waals surface area (Å²) in [6.45, 7) is 3.47. The van der Waals surface area contributed by atoms with Crippen LogP contribution in [0.5, 0.6) is 11.5 Å². The summed E-state index contributed by atoms with van der Waals surface area (Å²) in [5, 5.41) is 22.3. The molecule has 0 unspecified atom stereocenters. The Bertz CT molecular complexity index is 2930. The van der Waals surface area contributed by atoms with Gasteiger partial charge in [0.15, 0.2) is 0 Å². The standard InChI is InChI=1S/C40H35N7O10S2.Na/c1-22-17-32(23(2)16-31(22)45-44-28-18-30-29(38(19-28)59(53,54)55)6-5-7-37(30)58(50,51)52)46-47-34-21-35(56-3)33(20-36(34)57-4)43-40(49)25-10-14-27(15-11-25)42-39(48)24-8-12-26(41)13-9-24;/h5-21H,41H2,1-4H3,(H,42,48)(H,43,49)(H,50,51,52)(H,53,54,55);/q;+1. The summed E-state index contributed by atoms with van der Waals surface area (Å²) in [5.41, 5.74) is 9.91. The van der Waals surface area contributed by atoms with E-state index in [2.05, 4.69) is 31.1 Å². The minimum absolute atomic E-state index is 0. The molecular formula is C40H35N7NaO10S2+. The van der Waals surface area contributed by atoms with Crippen LogP contribution >= 0.6 is 0 Å². The summed E-state index contributed by atoms with van der Waals surface area (Å²) in [5.74, 6) is -0.260. The average molecular weight is 861 g/mol. The van der Waals surface area contributed by atoms with Gasteiger partial charge in [0.2, 0.25) is 0 Å². The molecule has 0 spiro atoms. The van der Waals surface area contributed by atoms with Gasteiger partial charge in [-0.3, -0.25) is 18.7 Å². The summed E-state index contributed by atoms with van der Waals surface area (Å²) in [6.07, 6.45) is 0. The zero-order valence-corrected chi connectivity index (χ0v) is 36.3. The Labute approximate surface area is 366 Å². The van der Waals surface area contributed by atoms with E-state index >= 15 is 0 Å². The molecule has 0 aliphatic carbocycles. The first-order valence-electron chi connectivity index (χ1n) is 17.3. The fourth-order valence-corrected chi connectivity index (χ4v) is 7.24. The molecule has 6 rings (SSSR count). The molecule has 2 amide bonds. The van der Waals surface area contributed by atoms with E-state index in [0.717, 1.165) is 12.1 Å². The van der Waals surface area contributed by atoms with E-state index in [1.165, 1.54) is 44.6 Å². The van der Waals surface area contributed by atoms with E-state index in [9.17, 15) is 35.5 Å². The van der Waals surface area contributed by atoms with Crippen molar-refractivity contribution >= 4 is 82.6 Å². The number of carbonyl (C=O) groups is 2. The molecule has 0 aromatic heterocycles. The third-order valence-electron chi connectivity index (χ3n) is 8.84. The first-order valence-corrected chi connectivity index (χ1v) is 20.1. The maximum absolute atomic E-state index is 13.2. The van der Waals surface area contributed by atoms with Crippen LogP contribution < -0.4 is 55.4 Å². The summed E-state index contributed by atoms with van der Waals surface area (Å²) in [7, 11) is -6.75. The zero-order valence-electron chi connectivity index (χ0n) is 32.7. The van der Waals surface area contributed by atoms with Gasteiger partial charge in [-0.1, -0.05) is 12.1 Å². The molecule has 0 heterocycles. The van der Waals surface area contributed by atoms with Crippen LogP contribution in [0.15, 0.2) is 133 Å². The fraction of sp³-hybridized carbons (Fsp3) is 0.100. The number of azo groups is 2. The molecule has 6 aromatic carbocycles. The predicted octanol–water partition coefficient (Wildman–Crippen LogP) is 5.89. The number of amides is 2. The van der Waals surface area contributed by atoms with Gasteiger partial charge in [-0.15, -0.1) is 5.11 Å². The van der Waals surface area contributed by atoms with Crippen LogP contribution in [-0.4, -0.2) is 52.0 Å². The third-order valence-corrected chi connectivity index (χ3v) is 10.6. The van der Waals surface area contributed by atoms with Gasteiger partial charge in [0.05, 0.1) is 37.0 Å². The van der Waals surface area contributed by atoms with Crippen molar-refractivity contribution < 1.29 is 74.6 Å². The molecule has 6 N–H and O–H groups in total. The van der Waals surface area contributed by atoms with Gasteiger partial charge in [0.25, 0.3) is 32.1 Å². The van der Waals surface area contributed by atoms with Crippen molar-refractivity contribution in [3.8, 4) is 11.5 Å². The van der Waals surface area contributed by atoms with E-state index in [4.69, 9.17) is 15.2 Å². The van der Waals surface area contributed by atoms with Crippen LogP contribution in [0.1, 0.15) is 31.8 Å². The summed E-state index contributed by atoms with van der Waals surface area (Å²) in [6, 6.07) is 25.0. The van der Waals surface area contributed by atoms with Crippen molar-refractivity contribution in [2.24, 2.45) is 20.5 Å². The van der Waals surface area contributed by atoms with Crippen LogP contribution in [0.4, 0.5) is 39.8 Å².